The third kappa shape index (κ3) is 2.57. The minimum Gasteiger partial charge on any atom is -0.378 e. The number of nitrogens with zero attached hydrogens (tertiary/aromatic N) is 1. The first-order valence-corrected chi connectivity index (χ1v) is 7.85. The molecule has 96 valence electrons. The number of hydrogen-bond donors (Lipinski definition) is 0. The molecule has 0 unspecified atom stereocenters. The van der Waals surface area contributed by atoms with Crippen LogP contribution in [0, 0.1) is 0 Å². The van der Waals surface area contributed by atoms with Crippen molar-refractivity contribution in [3.05, 3.63) is 53.9 Å². The van der Waals surface area contributed by atoms with E-state index >= 15 is 0 Å². The van der Waals surface area contributed by atoms with Crippen molar-refractivity contribution in [1.29, 1.82) is 0 Å². The first kappa shape index (κ1) is 12.5. The average molecular weight is 285 g/mol. The highest BCUT2D eigenvalue weighted by atomic mass is 32.1. The van der Waals surface area contributed by atoms with Gasteiger partial charge in [-0.2, -0.15) is 0 Å². The van der Waals surface area contributed by atoms with Crippen molar-refractivity contribution >= 4 is 28.4 Å². The largest absolute Gasteiger partial charge is 0.378 e. The van der Waals surface area contributed by atoms with Crippen LogP contribution < -0.4 is 4.90 Å². The Balaban J connectivity index is 1.90. The summed E-state index contributed by atoms with van der Waals surface area (Å²) in [4.78, 5) is 6.14. The second kappa shape index (κ2) is 5.19. The first-order chi connectivity index (χ1) is 9.24. The van der Waals surface area contributed by atoms with Gasteiger partial charge in [0.05, 0.1) is 0 Å². The highest BCUT2D eigenvalue weighted by molar-refractivity contribution is 7.23. The van der Waals surface area contributed by atoms with Gasteiger partial charge in [0.2, 0.25) is 0 Å². The molecule has 0 bridgehead atoms. The maximum atomic E-state index is 2.21. The number of anilines is 1. The molecule has 0 atom stereocenters. The van der Waals surface area contributed by atoms with Gasteiger partial charge in [-0.05, 0) is 41.3 Å². The predicted octanol–water partition coefficient (Wildman–Crippen LogP) is 5.21. The van der Waals surface area contributed by atoms with E-state index in [1.807, 2.05) is 11.3 Å². The van der Waals surface area contributed by atoms with Gasteiger partial charge in [-0.25, -0.2) is 0 Å². The Bertz CT molecular complexity index is 648. The Hall–Kier alpha value is -1.58. The van der Waals surface area contributed by atoms with Crippen molar-refractivity contribution in [2.45, 2.75) is 0 Å². The lowest BCUT2D eigenvalue weighted by molar-refractivity contribution is 1.13. The Labute approximate surface area is 121 Å². The summed E-state index contributed by atoms with van der Waals surface area (Å²) in [7, 11) is 4.13. The van der Waals surface area contributed by atoms with E-state index in [1.54, 1.807) is 11.3 Å². The molecule has 0 aliphatic rings. The van der Waals surface area contributed by atoms with Crippen molar-refractivity contribution in [3.8, 4) is 20.2 Å². The normalized spacial score (nSPS) is 10.6. The van der Waals surface area contributed by atoms with Gasteiger partial charge >= 0.3 is 0 Å². The summed E-state index contributed by atoms with van der Waals surface area (Å²) < 4.78 is 0. The second-order valence-corrected chi connectivity index (χ2v) is 6.61. The Kier molecular flexibility index (Phi) is 3.40. The number of rotatable bonds is 3. The van der Waals surface area contributed by atoms with E-state index in [1.165, 1.54) is 25.9 Å². The minimum absolute atomic E-state index is 1.23. The van der Waals surface area contributed by atoms with E-state index in [2.05, 4.69) is 72.9 Å². The van der Waals surface area contributed by atoms with E-state index in [4.69, 9.17) is 0 Å². The summed E-state index contributed by atoms with van der Waals surface area (Å²) in [5.74, 6) is 0. The first-order valence-electron chi connectivity index (χ1n) is 6.15. The van der Waals surface area contributed by atoms with Crippen LogP contribution in [0.3, 0.4) is 0 Å². The molecule has 3 heteroatoms. The maximum Gasteiger partial charge on any atom is 0.0449 e. The van der Waals surface area contributed by atoms with Crippen LogP contribution in [0.5, 0.6) is 0 Å². The minimum atomic E-state index is 1.23. The van der Waals surface area contributed by atoms with E-state index < -0.39 is 0 Å². The zero-order valence-electron chi connectivity index (χ0n) is 11.0. The molecule has 0 fully saturated rings. The Morgan fingerprint density at radius 1 is 0.789 bits per heavy atom. The number of hydrogen-bond acceptors (Lipinski definition) is 3. The Morgan fingerprint density at radius 2 is 1.53 bits per heavy atom. The zero-order valence-corrected chi connectivity index (χ0v) is 12.6. The number of thiophene rings is 2. The van der Waals surface area contributed by atoms with Gasteiger partial charge in [0.15, 0.2) is 0 Å². The predicted molar refractivity (Wildman–Crippen MR) is 87.4 cm³/mol. The van der Waals surface area contributed by atoms with E-state index in [-0.39, 0.29) is 0 Å². The fourth-order valence-corrected chi connectivity index (χ4v) is 3.81. The molecule has 0 radical (unpaired) electrons. The van der Waals surface area contributed by atoms with Gasteiger partial charge in [0.1, 0.15) is 0 Å². The third-order valence-electron chi connectivity index (χ3n) is 3.04. The number of benzene rings is 1. The van der Waals surface area contributed by atoms with Crippen LogP contribution in [0.1, 0.15) is 0 Å². The van der Waals surface area contributed by atoms with Crippen molar-refractivity contribution in [2.75, 3.05) is 19.0 Å². The molecule has 3 aromatic rings. The van der Waals surface area contributed by atoms with Crippen LogP contribution >= 0.6 is 22.7 Å². The highest BCUT2D eigenvalue weighted by Gasteiger charge is 2.06. The van der Waals surface area contributed by atoms with Crippen LogP contribution in [0.4, 0.5) is 5.69 Å². The molecule has 0 aliphatic carbocycles. The van der Waals surface area contributed by atoms with E-state index in [0.29, 0.717) is 0 Å². The quantitative estimate of drug-likeness (QED) is 0.638. The molecule has 19 heavy (non-hydrogen) atoms. The Morgan fingerprint density at radius 3 is 2.16 bits per heavy atom. The molecule has 0 N–H and O–H groups in total. The molecule has 0 spiro atoms. The lowest BCUT2D eigenvalue weighted by Gasteiger charge is -2.12. The van der Waals surface area contributed by atoms with Crippen LogP contribution in [-0.4, -0.2) is 14.1 Å². The fraction of sp³-hybridized carbons (Fsp3) is 0.125. The SMILES string of the molecule is CN(C)c1ccc(-c2ccc(-c3cccs3)s2)cc1. The zero-order chi connectivity index (χ0) is 13.2. The summed E-state index contributed by atoms with van der Waals surface area (Å²) in [5, 5.41) is 2.13. The van der Waals surface area contributed by atoms with Crippen molar-refractivity contribution < 1.29 is 0 Å². The molecule has 0 aliphatic heterocycles. The summed E-state index contributed by atoms with van der Waals surface area (Å²) >= 11 is 3.65. The van der Waals surface area contributed by atoms with Crippen molar-refractivity contribution in [2.24, 2.45) is 0 Å². The van der Waals surface area contributed by atoms with E-state index in [0.717, 1.165) is 0 Å². The summed E-state index contributed by atoms with van der Waals surface area (Å²) in [6.45, 7) is 0. The fourth-order valence-electron chi connectivity index (χ4n) is 1.97. The topological polar surface area (TPSA) is 3.24 Å². The molecule has 0 saturated heterocycles. The van der Waals surface area contributed by atoms with Crippen LogP contribution in [0.15, 0.2) is 53.9 Å². The van der Waals surface area contributed by atoms with Gasteiger partial charge in [0.25, 0.3) is 0 Å². The summed E-state index contributed by atoms with van der Waals surface area (Å²) in [6.07, 6.45) is 0. The molecular weight excluding hydrogens is 270 g/mol. The second-order valence-electron chi connectivity index (χ2n) is 4.58. The molecule has 2 aromatic heterocycles. The van der Waals surface area contributed by atoms with Crippen LogP contribution in [0.2, 0.25) is 0 Å². The molecule has 0 saturated carbocycles. The highest BCUT2D eigenvalue weighted by Crippen LogP contribution is 2.36. The molecule has 1 aromatic carbocycles. The monoisotopic (exact) mass is 285 g/mol. The molecule has 1 nitrogen and oxygen atoms in total. The van der Waals surface area contributed by atoms with Crippen LogP contribution in [-0.2, 0) is 0 Å². The van der Waals surface area contributed by atoms with Gasteiger partial charge in [-0.1, -0.05) is 18.2 Å². The van der Waals surface area contributed by atoms with Gasteiger partial charge in [0, 0.05) is 34.4 Å². The van der Waals surface area contributed by atoms with Gasteiger partial charge in [-0.15, -0.1) is 22.7 Å². The lowest BCUT2D eigenvalue weighted by Crippen LogP contribution is -2.07. The average Bonchev–Trinajstić information content (AvgIpc) is 3.10. The maximum absolute atomic E-state index is 2.21. The van der Waals surface area contributed by atoms with Crippen molar-refractivity contribution in [1.82, 2.24) is 0 Å². The van der Waals surface area contributed by atoms with Gasteiger partial charge in [-0.3, -0.25) is 0 Å². The molecule has 0 amide bonds. The van der Waals surface area contributed by atoms with Crippen LogP contribution in [0.25, 0.3) is 20.2 Å². The van der Waals surface area contributed by atoms with E-state index in [9.17, 15) is 0 Å². The smallest absolute Gasteiger partial charge is 0.0449 e. The lowest BCUT2D eigenvalue weighted by atomic mass is 10.1. The summed E-state index contributed by atoms with van der Waals surface area (Å²) in [6, 6.07) is 17.4. The molecule has 3 rings (SSSR count). The van der Waals surface area contributed by atoms with Crippen molar-refractivity contribution in [3.63, 3.8) is 0 Å². The standard InChI is InChI=1S/C16H15NS2/c1-17(2)13-7-5-12(6-8-13)14-9-10-16(19-14)15-4-3-11-18-15/h3-11H,1-2H3. The third-order valence-corrected chi connectivity index (χ3v) is 5.24. The molecular formula is C16H15NS2. The van der Waals surface area contributed by atoms with Gasteiger partial charge < -0.3 is 4.90 Å². The molecule has 2 heterocycles. The summed E-state index contributed by atoms with van der Waals surface area (Å²) in [5.41, 5.74) is 2.53.